The lowest BCUT2D eigenvalue weighted by molar-refractivity contribution is -0.116. The van der Waals surface area contributed by atoms with Crippen molar-refractivity contribution in [3.05, 3.63) is 76.8 Å². The van der Waals surface area contributed by atoms with Crippen molar-refractivity contribution < 1.29 is 19.2 Å². The molecule has 156 valence electrons. The number of imide groups is 1. The van der Waals surface area contributed by atoms with E-state index in [1.54, 1.807) is 60.1 Å². The zero-order valence-corrected chi connectivity index (χ0v) is 17.1. The summed E-state index contributed by atoms with van der Waals surface area (Å²) in [7, 11) is 0. The number of aromatic nitrogens is 1. The predicted octanol–water partition coefficient (Wildman–Crippen LogP) is 3.41. The first-order chi connectivity index (χ1) is 15.0. The van der Waals surface area contributed by atoms with Crippen molar-refractivity contribution in [1.82, 2.24) is 9.88 Å². The second-order valence-corrected chi connectivity index (χ2v) is 7.73. The summed E-state index contributed by atoms with van der Waals surface area (Å²) >= 11 is 1.31. The lowest BCUT2D eigenvalue weighted by Crippen LogP contribution is -2.31. The van der Waals surface area contributed by atoms with Gasteiger partial charge in [-0.15, -0.1) is 11.3 Å². The second-order valence-electron chi connectivity index (χ2n) is 6.83. The van der Waals surface area contributed by atoms with Gasteiger partial charge in [-0.25, -0.2) is 4.98 Å². The molecule has 0 saturated heterocycles. The number of anilines is 2. The van der Waals surface area contributed by atoms with Crippen LogP contribution in [0.5, 0.6) is 0 Å². The van der Waals surface area contributed by atoms with E-state index >= 15 is 0 Å². The molecule has 0 radical (unpaired) electrons. The van der Waals surface area contributed by atoms with E-state index in [1.807, 2.05) is 0 Å². The summed E-state index contributed by atoms with van der Waals surface area (Å²) in [6, 6.07) is 13.2. The van der Waals surface area contributed by atoms with Crippen LogP contribution in [-0.4, -0.2) is 40.1 Å². The fraction of sp³-hybridized carbons (Fsp3) is 0.136. The molecule has 1 aliphatic heterocycles. The van der Waals surface area contributed by atoms with Crippen molar-refractivity contribution in [1.29, 1.82) is 0 Å². The molecule has 0 spiro atoms. The first-order valence-corrected chi connectivity index (χ1v) is 10.5. The van der Waals surface area contributed by atoms with Gasteiger partial charge in [0.25, 0.3) is 17.7 Å². The van der Waals surface area contributed by atoms with E-state index in [0.29, 0.717) is 33.9 Å². The summed E-state index contributed by atoms with van der Waals surface area (Å²) in [5.74, 6) is -1.26. The SMILES string of the molecule is O=C(CCCN1C(=O)c2ccccc2C1=O)Nc1cccc(C(=O)Nc2nccs2)c1. The molecule has 0 aliphatic carbocycles. The van der Waals surface area contributed by atoms with Crippen LogP contribution in [0, 0.1) is 0 Å². The molecule has 4 rings (SSSR count). The normalized spacial score (nSPS) is 12.6. The number of rotatable bonds is 7. The first-order valence-electron chi connectivity index (χ1n) is 9.59. The van der Waals surface area contributed by atoms with Gasteiger partial charge in [0, 0.05) is 35.8 Å². The number of thiazole rings is 1. The topological polar surface area (TPSA) is 108 Å². The number of amides is 4. The number of fused-ring (bicyclic) bond motifs is 1. The van der Waals surface area contributed by atoms with Gasteiger partial charge in [-0.2, -0.15) is 0 Å². The number of hydrogen-bond donors (Lipinski definition) is 2. The summed E-state index contributed by atoms with van der Waals surface area (Å²) in [5, 5.41) is 7.68. The van der Waals surface area contributed by atoms with E-state index in [-0.39, 0.29) is 36.6 Å². The summed E-state index contributed by atoms with van der Waals surface area (Å²) in [6.07, 6.45) is 2.06. The van der Waals surface area contributed by atoms with E-state index in [9.17, 15) is 19.2 Å². The number of nitrogens with zero attached hydrogens (tertiary/aromatic N) is 2. The highest BCUT2D eigenvalue weighted by molar-refractivity contribution is 7.13. The van der Waals surface area contributed by atoms with Crippen LogP contribution in [0.1, 0.15) is 43.9 Å². The van der Waals surface area contributed by atoms with Crippen LogP contribution in [0.4, 0.5) is 10.8 Å². The van der Waals surface area contributed by atoms with Crippen molar-refractivity contribution in [2.75, 3.05) is 17.2 Å². The number of nitrogens with one attached hydrogen (secondary N) is 2. The average Bonchev–Trinajstić information content (AvgIpc) is 3.36. The maximum Gasteiger partial charge on any atom is 0.261 e. The molecule has 0 saturated carbocycles. The summed E-state index contributed by atoms with van der Waals surface area (Å²) in [4.78, 5) is 54.5. The molecule has 31 heavy (non-hydrogen) atoms. The molecule has 4 amide bonds. The Hall–Kier alpha value is -3.85. The van der Waals surface area contributed by atoms with Crippen LogP contribution >= 0.6 is 11.3 Å². The molecule has 0 fully saturated rings. The Morgan fingerprint density at radius 3 is 2.39 bits per heavy atom. The minimum atomic E-state index is -0.333. The van der Waals surface area contributed by atoms with Gasteiger partial charge in [-0.3, -0.25) is 29.4 Å². The van der Waals surface area contributed by atoms with Crippen LogP contribution in [0.15, 0.2) is 60.1 Å². The lowest BCUT2D eigenvalue weighted by atomic mass is 10.1. The minimum absolute atomic E-state index is 0.128. The van der Waals surface area contributed by atoms with Gasteiger partial charge in [0.2, 0.25) is 5.91 Å². The molecule has 8 nitrogen and oxygen atoms in total. The van der Waals surface area contributed by atoms with Crippen LogP contribution in [0.2, 0.25) is 0 Å². The van der Waals surface area contributed by atoms with Crippen molar-refractivity contribution in [3.63, 3.8) is 0 Å². The van der Waals surface area contributed by atoms with Crippen LogP contribution in [-0.2, 0) is 4.79 Å². The van der Waals surface area contributed by atoms with E-state index in [4.69, 9.17) is 0 Å². The Morgan fingerprint density at radius 2 is 1.71 bits per heavy atom. The molecule has 1 aromatic heterocycles. The van der Waals surface area contributed by atoms with Gasteiger partial charge < -0.3 is 5.32 Å². The second kappa shape index (κ2) is 8.88. The summed E-state index contributed by atoms with van der Waals surface area (Å²) in [6.45, 7) is 0.163. The minimum Gasteiger partial charge on any atom is -0.326 e. The average molecular weight is 434 g/mol. The largest absolute Gasteiger partial charge is 0.326 e. The lowest BCUT2D eigenvalue weighted by Gasteiger charge is -2.13. The molecule has 2 aromatic carbocycles. The fourth-order valence-electron chi connectivity index (χ4n) is 3.26. The Labute approximate surface area is 181 Å². The standard InChI is InChI=1S/C22H18N4O4S/c27-18(9-4-11-26-20(29)16-7-1-2-8-17(16)21(26)30)24-15-6-3-5-14(13-15)19(28)25-22-23-10-12-31-22/h1-3,5-8,10,12-13H,4,9,11H2,(H,24,27)(H,23,25,28). The Morgan fingerprint density at radius 1 is 0.968 bits per heavy atom. The highest BCUT2D eigenvalue weighted by Gasteiger charge is 2.34. The van der Waals surface area contributed by atoms with Crippen molar-refractivity contribution in [2.24, 2.45) is 0 Å². The highest BCUT2D eigenvalue weighted by Crippen LogP contribution is 2.23. The molecular formula is C22H18N4O4S. The molecule has 9 heteroatoms. The maximum absolute atomic E-state index is 12.4. The van der Waals surface area contributed by atoms with E-state index in [2.05, 4.69) is 15.6 Å². The van der Waals surface area contributed by atoms with Gasteiger partial charge >= 0.3 is 0 Å². The number of benzene rings is 2. The zero-order valence-electron chi connectivity index (χ0n) is 16.3. The maximum atomic E-state index is 12.4. The quantitative estimate of drug-likeness (QED) is 0.554. The van der Waals surface area contributed by atoms with Crippen molar-refractivity contribution >= 4 is 45.8 Å². The molecule has 2 heterocycles. The zero-order chi connectivity index (χ0) is 21.8. The van der Waals surface area contributed by atoms with E-state index < -0.39 is 0 Å². The van der Waals surface area contributed by atoms with Gasteiger partial charge in [0.05, 0.1) is 11.1 Å². The third kappa shape index (κ3) is 4.51. The number of carbonyl (C=O) groups excluding carboxylic acids is 4. The third-order valence-corrected chi connectivity index (χ3v) is 5.41. The summed E-state index contributed by atoms with van der Waals surface area (Å²) in [5.41, 5.74) is 1.66. The molecular weight excluding hydrogens is 416 g/mol. The van der Waals surface area contributed by atoms with Gasteiger partial charge in [-0.1, -0.05) is 18.2 Å². The van der Waals surface area contributed by atoms with Gasteiger partial charge in [0.1, 0.15) is 0 Å². The van der Waals surface area contributed by atoms with Crippen LogP contribution in [0.3, 0.4) is 0 Å². The molecule has 0 atom stereocenters. The molecule has 0 unspecified atom stereocenters. The van der Waals surface area contributed by atoms with Crippen LogP contribution < -0.4 is 10.6 Å². The number of hydrogen-bond acceptors (Lipinski definition) is 6. The number of carbonyl (C=O) groups is 4. The molecule has 1 aliphatic rings. The summed E-state index contributed by atoms with van der Waals surface area (Å²) < 4.78 is 0. The molecule has 2 N–H and O–H groups in total. The van der Waals surface area contributed by atoms with Crippen molar-refractivity contribution in [3.8, 4) is 0 Å². The van der Waals surface area contributed by atoms with Crippen LogP contribution in [0.25, 0.3) is 0 Å². The monoisotopic (exact) mass is 434 g/mol. The van der Waals surface area contributed by atoms with Gasteiger partial charge in [0.15, 0.2) is 5.13 Å². The molecule has 3 aromatic rings. The smallest absolute Gasteiger partial charge is 0.261 e. The van der Waals surface area contributed by atoms with Crippen molar-refractivity contribution in [2.45, 2.75) is 12.8 Å². The van der Waals surface area contributed by atoms with E-state index in [0.717, 1.165) is 0 Å². The fourth-order valence-corrected chi connectivity index (χ4v) is 3.78. The Kier molecular flexibility index (Phi) is 5.85. The third-order valence-electron chi connectivity index (χ3n) is 4.73. The first kappa shape index (κ1) is 20.4. The van der Waals surface area contributed by atoms with Gasteiger partial charge in [-0.05, 0) is 36.8 Å². The molecule has 0 bridgehead atoms. The predicted molar refractivity (Wildman–Crippen MR) is 116 cm³/mol. The highest BCUT2D eigenvalue weighted by atomic mass is 32.1. The Balaban J connectivity index is 1.29. The van der Waals surface area contributed by atoms with E-state index in [1.165, 1.54) is 16.2 Å². The Bertz CT molecular complexity index is 1120.